The molecule has 3 rings (SSSR count). The zero-order valence-corrected chi connectivity index (χ0v) is 15.3. The molecule has 1 aromatic heterocycles. The number of aromatic nitrogens is 1. The van der Waals surface area contributed by atoms with Crippen LogP contribution < -0.4 is 5.32 Å². The molecular weight excluding hydrogens is 337 g/mol. The normalized spacial score (nSPS) is 13.0. The lowest BCUT2D eigenvalue weighted by atomic mass is 10.0. The minimum Gasteiger partial charge on any atom is -0.394 e. The number of anilines is 2. The topological polar surface area (TPSA) is 74.7 Å². The first-order chi connectivity index (χ1) is 12.6. The van der Waals surface area contributed by atoms with Gasteiger partial charge in [0.2, 0.25) is 0 Å². The molecule has 0 aliphatic carbocycles. The van der Waals surface area contributed by atoms with Crippen LogP contribution in [0.25, 0.3) is 0 Å². The second-order valence-corrected chi connectivity index (χ2v) is 5.54. The quantitative estimate of drug-likeness (QED) is 0.855. The van der Waals surface area contributed by atoms with E-state index in [1.807, 2.05) is 13.8 Å². The number of nitrogens with one attached hydrogen (secondary N) is 1. The van der Waals surface area contributed by atoms with Gasteiger partial charge in [0.15, 0.2) is 0 Å². The summed E-state index contributed by atoms with van der Waals surface area (Å²) in [7, 11) is 0. The van der Waals surface area contributed by atoms with Crippen LogP contribution in [0.15, 0.2) is 30.6 Å². The lowest BCUT2D eigenvalue weighted by Crippen LogP contribution is -2.38. The maximum Gasteiger partial charge on any atom is 0.279 e. The molecule has 0 saturated carbocycles. The molecule has 1 aromatic carbocycles. The lowest BCUT2D eigenvalue weighted by molar-refractivity contribution is -0.132. The van der Waals surface area contributed by atoms with Crippen molar-refractivity contribution in [2.45, 2.75) is 27.2 Å². The smallest absolute Gasteiger partial charge is 0.279 e. The zero-order chi connectivity index (χ0) is 19.1. The number of carbonyl (C=O) groups excluding carboxylic acids is 1. The van der Waals surface area contributed by atoms with E-state index in [9.17, 15) is 9.18 Å². The fourth-order valence-corrected chi connectivity index (χ4v) is 2.63. The average molecular weight is 361 g/mol. The highest BCUT2D eigenvalue weighted by Gasteiger charge is 2.28. The van der Waals surface area contributed by atoms with Crippen LogP contribution >= 0.6 is 0 Å². The summed E-state index contributed by atoms with van der Waals surface area (Å²) in [6.07, 6.45) is 3.70. The number of nitrogens with zero attached hydrogens (tertiary/aromatic N) is 2. The van der Waals surface area contributed by atoms with Gasteiger partial charge in [-0.2, -0.15) is 0 Å². The SMILES string of the molecule is CC.Cc1ccc(Nc2cncc3c2C(=O)N(OCCO)CC3)c(F)c1. The number of aliphatic hydroxyl groups is 1. The van der Waals surface area contributed by atoms with Crippen molar-refractivity contribution in [3.8, 4) is 0 Å². The molecule has 1 aliphatic rings. The largest absolute Gasteiger partial charge is 0.394 e. The number of amides is 1. The molecule has 0 saturated heterocycles. The Bertz CT molecular complexity index is 768. The van der Waals surface area contributed by atoms with Crippen LogP contribution in [0, 0.1) is 12.7 Å². The van der Waals surface area contributed by atoms with Crippen LogP contribution in [0.5, 0.6) is 0 Å². The van der Waals surface area contributed by atoms with E-state index >= 15 is 0 Å². The highest BCUT2D eigenvalue weighted by Crippen LogP contribution is 2.29. The maximum atomic E-state index is 14.1. The number of benzene rings is 1. The number of aliphatic hydroxyl groups excluding tert-OH is 1. The molecule has 0 fully saturated rings. The third kappa shape index (κ3) is 4.36. The first-order valence-corrected chi connectivity index (χ1v) is 8.66. The van der Waals surface area contributed by atoms with Gasteiger partial charge >= 0.3 is 0 Å². The van der Waals surface area contributed by atoms with Crippen molar-refractivity contribution >= 4 is 17.3 Å². The van der Waals surface area contributed by atoms with Gasteiger partial charge in [-0.1, -0.05) is 19.9 Å². The number of hydrogen-bond acceptors (Lipinski definition) is 5. The van der Waals surface area contributed by atoms with Gasteiger partial charge in [0, 0.05) is 6.20 Å². The van der Waals surface area contributed by atoms with Gasteiger partial charge in [-0.25, -0.2) is 9.45 Å². The molecule has 7 heteroatoms. The Morgan fingerprint density at radius 1 is 1.31 bits per heavy atom. The van der Waals surface area contributed by atoms with E-state index in [1.165, 1.54) is 17.3 Å². The number of halogens is 1. The summed E-state index contributed by atoms with van der Waals surface area (Å²) in [5, 5.41) is 13.0. The molecule has 0 atom stereocenters. The second kappa shape index (κ2) is 9.26. The molecular formula is C19H24FN3O3. The summed E-state index contributed by atoms with van der Waals surface area (Å²) < 4.78 is 14.1. The number of rotatable bonds is 5. The summed E-state index contributed by atoms with van der Waals surface area (Å²) in [5.41, 5.74) is 2.70. The summed E-state index contributed by atoms with van der Waals surface area (Å²) in [6, 6.07) is 4.83. The number of hydroxylamine groups is 2. The van der Waals surface area contributed by atoms with Crippen molar-refractivity contribution in [3.05, 3.63) is 53.1 Å². The van der Waals surface area contributed by atoms with Crippen LogP contribution in [0.3, 0.4) is 0 Å². The van der Waals surface area contributed by atoms with Gasteiger partial charge in [-0.3, -0.25) is 14.6 Å². The molecule has 0 unspecified atom stereocenters. The third-order valence-corrected chi connectivity index (χ3v) is 3.78. The lowest BCUT2D eigenvalue weighted by Gasteiger charge is -2.28. The van der Waals surface area contributed by atoms with E-state index < -0.39 is 5.82 Å². The third-order valence-electron chi connectivity index (χ3n) is 3.78. The van der Waals surface area contributed by atoms with E-state index in [0.29, 0.717) is 24.2 Å². The molecule has 1 aliphatic heterocycles. The van der Waals surface area contributed by atoms with Crippen molar-refractivity contribution in [3.63, 3.8) is 0 Å². The van der Waals surface area contributed by atoms with E-state index in [4.69, 9.17) is 9.94 Å². The zero-order valence-electron chi connectivity index (χ0n) is 15.3. The molecule has 26 heavy (non-hydrogen) atoms. The van der Waals surface area contributed by atoms with Crippen LogP contribution in [-0.4, -0.2) is 40.8 Å². The number of hydrogen-bond donors (Lipinski definition) is 2. The van der Waals surface area contributed by atoms with Crippen molar-refractivity contribution in [2.24, 2.45) is 0 Å². The van der Waals surface area contributed by atoms with Gasteiger partial charge in [0.25, 0.3) is 5.91 Å². The first kappa shape index (κ1) is 19.8. The molecule has 0 spiro atoms. The molecule has 2 N–H and O–H groups in total. The van der Waals surface area contributed by atoms with Gasteiger partial charge in [-0.05, 0) is 36.6 Å². The van der Waals surface area contributed by atoms with Crippen molar-refractivity contribution < 1.29 is 19.1 Å². The molecule has 2 heterocycles. The first-order valence-electron chi connectivity index (χ1n) is 8.66. The number of carbonyl (C=O) groups is 1. The predicted octanol–water partition coefficient (Wildman–Crippen LogP) is 3.22. The number of pyridine rings is 1. The van der Waals surface area contributed by atoms with Crippen LogP contribution in [0.4, 0.5) is 15.8 Å². The Morgan fingerprint density at radius 3 is 2.77 bits per heavy atom. The maximum absolute atomic E-state index is 14.1. The van der Waals surface area contributed by atoms with E-state index in [2.05, 4.69) is 10.3 Å². The summed E-state index contributed by atoms with van der Waals surface area (Å²) in [4.78, 5) is 22.0. The van der Waals surface area contributed by atoms with E-state index in [0.717, 1.165) is 11.1 Å². The monoisotopic (exact) mass is 361 g/mol. The number of aryl methyl sites for hydroxylation is 1. The Labute approximate surface area is 152 Å². The summed E-state index contributed by atoms with van der Waals surface area (Å²) >= 11 is 0. The van der Waals surface area contributed by atoms with Gasteiger partial charge in [0.05, 0.1) is 42.9 Å². The van der Waals surface area contributed by atoms with E-state index in [1.54, 1.807) is 25.3 Å². The Hall–Kier alpha value is -2.51. The molecule has 0 radical (unpaired) electrons. The fraction of sp³-hybridized carbons (Fsp3) is 0.368. The van der Waals surface area contributed by atoms with Crippen LogP contribution in [0.2, 0.25) is 0 Å². The molecule has 0 bridgehead atoms. The average Bonchev–Trinajstić information content (AvgIpc) is 2.65. The predicted molar refractivity (Wildman–Crippen MR) is 97.8 cm³/mol. The number of fused-ring (bicyclic) bond motifs is 1. The van der Waals surface area contributed by atoms with Gasteiger partial charge in [-0.15, -0.1) is 0 Å². The standard InChI is InChI=1S/C17H18FN3O3.C2H6/c1-11-2-3-14(13(18)8-11)20-15-10-19-9-12-4-5-21(24-7-6-22)17(23)16(12)15;1-2/h2-3,8-10,20,22H,4-7H2,1H3;1-2H3. The highest BCUT2D eigenvalue weighted by atomic mass is 19.1. The van der Waals surface area contributed by atoms with Crippen LogP contribution in [0.1, 0.15) is 35.3 Å². The van der Waals surface area contributed by atoms with E-state index in [-0.39, 0.29) is 24.8 Å². The summed E-state index contributed by atoms with van der Waals surface area (Å²) in [5.74, 6) is -0.730. The Balaban J connectivity index is 0.00000117. The summed E-state index contributed by atoms with van der Waals surface area (Å²) in [6.45, 7) is 6.06. The van der Waals surface area contributed by atoms with Gasteiger partial charge in [0.1, 0.15) is 5.82 Å². The fourth-order valence-electron chi connectivity index (χ4n) is 2.63. The highest BCUT2D eigenvalue weighted by molar-refractivity contribution is 6.01. The minimum absolute atomic E-state index is 0.0432. The van der Waals surface area contributed by atoms with Crippen LogP contribution in [-0.2, 0) is 11.3 Å². The molecule has 2 aromatic rings. The minimum atomic E-state index is -0.399. The molecule has 1 amide bonds. The Kier molecular flexibility index (Phi) is 7.06. The van der Waals surface area contributed by atoms with Crippen molar-refractivity contribution in [2.75, 3.05) is 25.1 Å². The Morgan fingerprint density at radius 2 is 2.08 bits per heavy atom. The van der Waals surface area contributed by atoms with Crippen molar-refractivity contribution in [1.82, 2.24) is 10.0 Å². The molecule has 140 valence electrons. The van der Waals surface area contributed by atoms with Gasteiger partial charge < -0.3 is 10.4 Å². The molecule has 6 nitrogen and oxygen atoms in total. The second-order valence-electron chi connectivity index (χ2n) is 5.54. The van der Waals surface area contributed by atoms with Crippen molar-refractivity contribution in [1.29, 1.82) is 0 Å².